The van der Waals surface area contributed by atoms with Crippen molar-refractivity contribution in [1.29, 1.82) is 0 Å². The van der Waals surface area contributed by atoms with Crippen LogP contribution in [-0.4, -0.2) is 49.5 Å². The molecule has 9 heteroatoms. The monoisotopic (exact) mass is 334 g/mol. The molecule has 2 aliphatic heterocycles. The summed E-state index contributed by atoms with van der Waals surface area (Å²) in [6, 6.07) is 0. The fraction of sp³-hybridized carbons (Fsp3) is 0.533. The van der Waals surface area contributed by atoms with Crippen molar-refractivity contribution in [2.75, 3.05) is 23.7 Å². The van der Waals surface area contributed by atoms with Crippen LogP contribution in [0.3, 0.4) is 0 Å². The van der Waals surface area contributed by atoms with Gasteiger partial charge in [-0.15, -0.1) is 0 Å². The minimum Gasteiger partial charge on any atom is -0.469 e. The number of aliphatic hydroxyl groups is 1. The van der Waals surface area contributed by atoms with Gasteiger partial charge in [-0.1, -0.05) is 6.58 Å². The molecule has 4 rings (SSSR count). The maximum atomic E-state index is 14.9. The first-order valence-electron chi connectivity index (χ1n) is 7.87. The second-order valence-electron chi connectivity index (χ2n) is 6.41. The van der Waals surface area contributed by atoms with E-state index in [1.165, 1.54) is 17.8 Å². The third-order valence-corrected chi connectivity index (χ3v) is 4.66. The summed E-state index contributed by atoms with van der Waals surface area (Å²) in [6.07, 6.45) is 1.05. The van der Waals surface area contributed by atoms with Gasteiger partial charge < -0.3 is 20.5 Å². The van der Waals surface area contributed by atoms with Gasteiger partial charge in [-0.25, -0.2) is 9.37 Å². The van der Waals surface area contributed by atoms with Crippen molar-refractivity contribution in [2.24, 2.45) is 0 Å². The van der Waals surface area contributed by atoms with Crippen LogP contribution < -0.4 is 10.6 Å². The Bertz CT molecular complexity index is 814. The number of nitrogens with zero attached hydrogens (tertiary/aromatic N) is 5. The number of hydrogen-bond donors (Lipinski definition) is 2. The minimum absolute atomic E-state index is 0.0198. The summed E-state index contributed by atoms with van der Waals surface area (Å²) >= 11 is 0. The molecule has 0 spiro atoms. The van der Waals surface area contributed by atoms with E-state index in [-0.39, 0.29) is 11.7 Å². The molecule has 0 aromatic carbocycles. The quantitative estimate of drug-likeness (QED) is 0.849. The number of aromatic nitrogens is 4. The van der Waals surface area contributed by atoms with Crippen LogP contribution in [0.5, 0.6) is 0 Å². The highest BCUT2D eigenvalue weighted by molar-refractivity contribution is 5.85. The Morgan fingerprint density at radius 1 is 1.42 bits per heavy atom. The van der Waals surface area contributed by atoms with Crippen molar-refractivity contribution >= 4 is 22.9 Å². The smallest absolute Gasteiger partial charge is 0.224 e. The summed E-state index contributed by atoms with van der Waals surface area (Å²) in [4.78, 5) is 15.0. The molecule has 4 heterocycles. The summed E-state index contributed by atoms with van der Waals surface area (Å²) in [5, 5.41) is 9.95. The molecule has 0 unspecified atom stereocenters. The molecule has 0 bridgehead atoms. The van der Waals surface area contributed by atoms with Gasteiger partial charge in [0.2, 0.25) is 12.2 Å². The van der Waals surface area contributed by atoms with E-state index >= 15 is 0 Å². The van der Waals surface area contributed by atoms with Crippen molar-refractivity contribution in [1.82, 2.24) is 19.5 Å². The molecule has 3 N–H and O–H groups in total. The predicted octanol–water partition coefficient (Wildman–Crippen LogP) is 1.14. The largest absolute Gasteiger partial charge is 0.469 e. The van der Waals surface area contributed by atoms with Gasteiger partial charge in [0.15, 0.2) is 22.7 Å². The third-order valence-electron chi connectivity index (χ3n) is 4.66. The molecule has 2 fully saturated rings. The number of rotatable bonds is 2. The Balaban J connectivity index is 1.85. The highest BCUT2D eigenvalue weighted by atomic mass is 19.1. The van der Waals surface area contributed by atoms with Crippen LogP contribution in [0.25, 0.3) is 11.2 Å². The fourth-order valence-corrected chi connectivity index (χ4v) is 3.34. The van der Waals surface area contributed by atoms with E-state index in [9.17, 15) is 9.50 Å². The van der Waals surface area contributed by atoms with Gasteiger partial charge in [0.05, 0.1) is 0 Å². The van der Waals surface area contributed by atoms with Crippen LogP contribution in [0.4, 0.5) is 16.2 Å². The highest BCUT2D eigenvalue weighted by Crippen LogP contribution is 2.44. The molecular weight excluding hydrogens is 315 g/mol. The number of anilines is 2. The lowest BCUT2D eigenvalue weighted by atomic mass is 10.0. The summed E-state index contributed by atoms with van der Waals surface area (Å²) in [7, 11) is 0. The number of fused-ring (bicyclic) bond motifs is 1. The molecule has 2 aromatic heterocycles. The lowest BCUT2D eigenvalue weighted by Crippen LogP contribution is -2.36. The van der Waals surface area contributed by atoms with Crippen LogP contribution in [0, 0.1) is 0 Å². The number of halogens is 1. The van der Waals surface area contributed by atoms with E-state index < -0.39 is 18.0 Å². The van der Waals surface area contributed by atoms with Gasteiger partial charge in [-0.05, 0) is 19.8 Å². The Morgan fingerprint density at radius 2 is 2.12 bits per heavy atom. The number of ether oxygens (including phenoxy) is 1. The Kier molecular flexibility index (Phi) is 3.17. The Morgan fingerprint density at radius 3 is 2.75 bits per heavy atom. The fourth-order valence-electron chi connectivity index (χ4n) is 3.34. The van der Waals surface area contributed by atoms with E-state index in [0.717, 1.165) is 25.9 Å². The van der Waals surface area contributed by atoms with Crippen molar-refractivity contribution in [3.63, 3.8) is 0 Å². The molecule has 0 saturated carbocycles. The first-order chi connectivity index (χ1) is 11.4. The third kappa shape index (κ3) is 2.04. The van der Waals surface area contributed by atoms with Crippen LogP contribution in [0.2, 0.25) is 0 Å². The number of aliphatic hydroxyl groups excluding tert-OH is 1. The van der Waals surface area contributed by atoms with E-state index in [0.29, 0.717) is 17.0 Å². The van der Waals surface area contributed by atoms with Gasteiger partial charge in [-0.3, -0.25) is 4.57 Å². The van der Waals surface area contributed by atoms with Gasteiger partial charge in [-0.2, -0.15) is 9.97 Å². The lowest BCUT2D eigenvalue weighted by Gasteiger charge is -2.23. The van der Waals surface area contributed by atoms with E-state index in [1.807, 2.05) is 0 Å². The highest BCUT2D eigenvalue weighted by Gasteiger charge is 2.53. The summed E-state index contributed by atoms with van der Waals surface area (Å²) in [6.45, 7) is 6.56. The van der Waals surface area contributed by atoms with Crippen molar-refractivity contribution < 1.29 is 14.2 Å². The summed E-state index contributed by atoms with van der Waals surface area (Å²) in [5.74, 6) is 0.712. The molecule has 24 heavy (non-hydrogen) atoms. The SMILES string of the molecule is C=C1O[C@@H](n2cnc3c(N4CCCC4)nc(N)nc32)[C@](C)(F)[C@@H]1O. The van der Waals surface area contributed by atoms with Gasteiger partial charge >= 0.3 is 0 Å². The Hall–Kier alpha value is -2.42. The topological polar surface area (TPSA) is 102 Å². The minimum atomic E-state index is -2.06. The molecular formula is C15H19FN6O2. The second kappa shape index (κ2) is 5.04. The number of nitrogens with two attached hydrogens (primary N) is 1. The molecule has 2 saturated heterocycles. The molecule has 2 aliphatic rings. The first kappa shape index (κ1) is 15.1. The number of imidazole rings is 1. The molecule has 2 aromatic rings. The molecule has 0 radical (unpaired) electrons. The second-order valence-corrected chi connectivity index (χ2v) is 6.41. The van der Waals surface area contributed by atoms with E-state index in [1.54, 1.807) is 0 Å². The molecule has 3 atom stereocenters. The zero-order valence-electron chi connectivity index (χ0n) is 13.3. The summed E-state index contributed by atoms with van der Waals surface area (Å²) in [5.41, 5.74) is 4.71. The van der Waals surface area contributed by atoms with Crippen LogP contribution in [0.1, 0.15) is 26.0 Å². The van der Waals surface area contributed by atoms with Crippen LogP contribution in [0.15, 0.2) is 18.7 Å². The normalized spacial score (nSPS) is 30.3. The summed E-state index contributed by atoms with van der Waals surface area (Å²) < 4.78 is 21.8. The Labute approximate surface area is 137 Å². The molecule has 128 valence electrons. The van der Waals surface area contributed by atoms with E-state index in [2.05, 4.69) is 26.4 Å². The average Bonchev–Trinajstić information content (AvgIpc) is 3.23. The predicted molar refractivity (Wildman–Crippen MR) is 86.0 cm³/mol. The van der Waals surface area contributed by atoms with E-state index in [4.69, 9.17) is 10.5 Å². The van der Waals surface area contributed by atoms with Crippen LogP contribution >= 0.6 is 0 Å². The zero-order valence-corrected chi connectivity index (χ0v) is 13.3. The lowest BCUT2D eigenvalue weighted by molar-refractivity contribution is -0.0308. The van der Waals surface area contributed by atoms with Gasteiger partial charge in [0, 0.05) is 13.1 Å². The van der Waals surface area contributed by atoms with Crippen molar-refractivity contribution in [3.8, 4) is 0 Å². The maximum absolute atomic E-state index is 14.9. The van der Waals surface area contributed by atoms with Crippen LogP contribution in [-0.2, 0) is 4.74 Å². The molecule has 0 aliphatic carbocycles. The van der Waals surface area contributed by atoms with Gasteiger partial charge in [0.25, 0.3) is 0 Å². The van der Waals surface area contributed by atoms with Gasteiger partial charge in [0.1, 0.15) is 18.2 Å². The number of alkyl halides is 1. The molecule has 0 amide bonds. The van der Waals surface area contributed by atoms with Crippen molar-refractivity contribution in [3.05, 3.63) is 18.7 Å². The maximum Gasteiger partial charge on any atom is 0.224 e. The number of hydrogen-bond acceptors (Lipinski definition) is 7. The standard InChI is InChI=1S/C15H19FN6O2/c1-8-10(23)15(2,16)13(24-8)22-7-18-9-11(21-5-3-4-6-21)19-14(17)20-12(9)22/h7,10,13,23H,1,3-6H2,2H3,(H2,17,19,20)/t10-,13-,15-/m1/s1. The zero-order chi connectivity index (χ0) is 17.1. The molecule has 8 nitrogen and oxygen atoms in total. The average molecular weight is 334 g/mol. The number of nitrogen functional groups attached to an aromatic ring is 1. The first-order valence-corrected chi connectivity index (χ1v) is 7.87. The van der Waals surface area contributed by atoms with Crippen molar-refractivity contribution in [2.45, 2.75) is 37.8 Å².